The minimum Gasteiger partial charge on any atom is -0.389 e. The van der Waals surface area contributed by atoms with Crippen molar-refractivity contribution in [2.24, 2.45) is 0 Å². The Bertz CT molecular complexity index is 138. The summed E-state index contributed by atoms with van der Waals surface area (Å²) in [5.41, 5.74) is 0. The summed E-state index contributed by atoms with van der Waals surface area (Å²) in [6.45, 7) is 2.78. The molecule has 0 bridgehead atoms. The van der Waals surface area contributed by atoms with Gasteiger partial charge >= 0.3 is 0 Å². The third kappa shape index (κ3) is 1.54. The van der Waals surface area contributed by atoms with E-state index in [-0.39, 0.29) is 18.3 Å². The van der Waals surface area contributed by atoms with Gasteiger partial charge in [0, 0.05) is 13.1 Å². The van der Waals surface area contributed by atoms with Gasteiger partial charge in [-0.3, -0.25) is 0 Å². The molecule has 0 aromatic rings. The minimum atomic E-state index is -0.337. The molecule has 11 heavy (non-hydrogen) atoms. The lowest BCUT2D eigenvalue weighted by Crippen LogP contribution is -2.42. The SMILES string of the molecule is OC1CNCC1OC1COC1. The first kappa shape index (κ1) is 7.49. The number of ether oxygens (including phenoxy) is 2. The van der Waals surface area contributed by atoms with Gasteiger partial charge in [-0.2, -0.15) is 0 Å². The first-order valence-electron chi connectivity index (χ1n) is 3.98. The summed E-state index contributed by atoms with van der Waals surface area (Å²) in [4.78, 5) is 0. The minimum absolute atomic E-state index is 0.0242. The van der Waals surface area contributed by atoms with Crippen LogP contribution in [-0.4, -0.2) is 49.7 Å². The van der Waals surface area contributed by atoms with Gasteiger partial charge in [-0.1, -0.05) is 0 Å². The van der Waals surface area contributed by atoms with Crippen LogP contribution in [0.25, 0.3) is 0 Å². The smallest absolute Gasteiger partial charge is 0.105 e. The lowest BCUT2D eigenvalue weighted by atomic mass is 10.2. The van der Waals surface area contributed by atoms with Gasteiger partial charge in [-0.05, 0) is 0 Å². The Balaban J connectivity index is 1.75. The molecule has 2 rings (SSSR count). The Morgan fingerprint density at radius 3 is 2.64 bits per heavy atom. The molecule has 2 aliphatic rings. The van der Waals surface area contributed by atoms with Gasteiger partial charge < -0.3 is 19.9 Å². The van der Waals surface area contributed by atoms with Crippen LogP contribution in [0.1, 0.15) is 0 Å². The molecule has 2 N–H and O–H groups in total. The van der Waals surface area contributed by atoms with Gasteiger partial charge in [0.2, 0.25) is 0 Å². The molecule has 0 aromatic heterocycles. The van der Waals surface area contributed by atoms with Crippen LogP contribution in [0.5, 0.6) is 0 Å². The van der Waals surface area contributed by atoms with E-state index < -0.39 is 0 Å². The summed E-state index contributed by atoms with van der Waals surface area (Å²) < 4.78 is 10.5. The van der Waals surface area contributed by atoms with Crippen LogP contribution in [0.3, 0.4) is 0 Å². The quantitative estimate of drug-likeness (QED) is 0.527. The molecule has 0 aromatic carbocycles. The van der Waals surface area contributed by atoms with Gasteiger partial charge in [0.05, 0.1) is 25.4 Å². The van der Waals surface area contributed by atoms with Gasteiger partial charge in [-0.25, -0.2) is 0 Å². The maximum absolute atomic E-state index is 9.33. The van der Waals surface area contributed by atoms with Crippen molar-refractivity contribution in [1.29, 1.82) is 0 Å². The number of nitrogens with one attached hydrogen (secondary N) is 1. The van der Waals surface area contributed by atoms with Gasteiger partial charge in [0.25, 0.3) is 0 Å². The molecule has 0 radical (unpaired) electrons. The molecule has 0 amide bonds. The van der Waals surface area contributed by atoms with E-state index >= 15 is 0 Å². The Morgan fingerprint density at radius 1 is 1.36 bits per heavy atom. The summed E-state index contributed by atoms with van der Waals surface area (Å²) >= 11 is 0. The highest BCUT2D eigenvalue weighted by molar-refractivity contribution is 4.83. The number of rotatable bonds is 2. The summed E-state index contributed by atoms with van der Waals surface area (Å²) in [6, 6.07) is 0. The number of β-amino-alcohol motifs (C(OH)–C–C–N with tert-alkyl or cyclic N) is 1. The number of hydrogen-bond acceptors (Lipinski definition) is 4. The lowest BCUT2D eigenvalue weighted by molar-refractivity contribution is -0.165. The van der Waals surface area contributed by atoms with E-state index in [4.69, 9.17) is 9.47 Å². The molecule has 2 unspecified atom stereocenters. The maximum Gasteiger partial charge on any atom is 0.105 e. The normalized spacial score (nSPS) is 39.0. The highest BCUT2D eigenvalue weighted by Crippen LogP contribution is 2.12. The third-order valence-electron chi connectivity index (χ3n) is 2.10. The molecular formula is C7H13NO3. The molecule has 0 saturated carbocycles. The van der Waals surface area contributed by atoms with E-state index in [1.165, 1.54) is 0 Å². The summed E-state index contributed by atoms with van der Waals surface area (Å²) in [6.07, 6.45) is -0.144. The maximum atomic E-state index is 9.33. The Kier molecular flexibility index (Phi) is 2.09. The first-order valence-corrected chi connectivity index (χ1v) is 3.98. The van der Waals surface area contributed by atoms with Crippen molar-refractivity contribution in [2.45, 2.75) is 18.3 Å². The van der Waals surface area contributed by atoms with Crippen molar-refractivity contribution < 1.29 is 14.6 Å². The van der Waals surface area contributed by atoms with Crippen molar-refractivity contribution in [3.63, 3.8) is 0 Å². The number of hydrogen-bond donors (Lipinski definition) is 2. The lowest BCUT2D eigenvalue weighted by Gasteiger charge is -2.29. The monoisotopic (exact) mass is 159 g/mol. The van der Waals surface area contributed by atoms with Crippen LogP contribution in [0.15, 0.2) is 0 Å². The Hall–Kier alpha value is -0.160. The number of aliphatic hydroxyl groups is 1. The fourth-order valence-corrected chi connectivity index (χ4v) is 1.32. The molecule has 0 spiro atoms. The van der Waals surface area contributed by atoms with E-state index in [9.17, 15) is 5.11 Å². The predicted molar refractivity (Wildman–Crippen MR) is 38.4 cm³/mol. The molecule has 4 nitrogen and oxygen atoms in total. The average Bonchev–Trinajstić information content (AvgIpc) is 2.27. The summed E-state index contributed by atoms with van der Waals surface area (Å²) in [5, 5.41) is 12.4. The van der Waals surface area contributed by atoms with Crippen molar-refractivity contribution >= 4 is 0 Å². The Morgan fingerprint density at radius 2 is 2.18 bits per heavy atom. The molecular weight excluding hydrogens is 146 g/mol. The van der Waals surface area contributed by atoms with Crippen LogP contribution in [0.4, 0.5) is 0 Å². The summed E-state index contributed by atoms with van der Waals surface area (Å²) in [7, 11) is 0. The second-order valence-corrected chi connectivity index (χ2v) is 3.06. The molecule has 2 heterocycles. The van der Waals surface area contributed by atoms with Gasteiger partial charge in [-0.15, -0.1) is 0 Å². The summed E-state index contributed by atoms with van der Waals surface area (Å²) in [5.74, 6) is 0. The number of aliphatic hydroxyl groups excluding tert-OH is 1. The first-order chi connectivity index (χ1) is 5.36. The topological polar surface area (TPSA) is 50.7 Å². The van der Waals surface area contributed by atoms with Gasteiger partial charge in [0.1, 0.15) is 6.10 Å². The Labute approximate surface area is 65.5 Å². The second kappa shape index (κ2) is 3.06. The second-order valence-electron chi connectivity index (χ2n) is 3.06. The zero-order chi connectivity index (χ0) is 7.68. The van der Waals surface area contributed by atoms with E-state index in [2.05, 4.69) is 5.32 Å². The van der Waals surface area contributed by atoms with Gasteiger partial charge in [0.15, 0.2) is 0 Å². The van der Waals surface area contributed by atoms with E-state index in [1.807, 2.05) is 0 Å². The largest absolute Gasteiger partial charge is 0.389 e. The molecule has 0 aliphatic carbocycles. The zero-order valence-electron chi connectivity index (χ0n) is 6.32. The fraction of sp³-hybridized carbons (Fsp3) is 1.00. The van der Waals surface area contributed by atoms with Crippen molar-refractivity contribution in [3.05, 3.63) is 0 Å². The van der Waals surface area contributed by atoms with Crippen LogP contribution < -0.4 is 5.32 Å². The highest BCUT2D eigenvalue weighted by atomic mass is 16.6. The van der Waals surface area contributed by atoms with Crippen LogP contribution in [0, 0.1) is 0 Å². The van der Waals surface area contributed by atoms with Crippen LogP contribution >= 0.6 is 0 Å². The van der Waals surface area contributed by atoms with Crippen molar-refractivity contribution in [1.82, 2.24) is 5.32 Å². The van der Waals surface area contributed by atoms with E-state index in [0.717, 1.165) is 6.54 Å². The predicted octanol–water partition coefficient (Wildman–Crippen LogP) is -1.27. The standard InChI is InChI=1S/C7H13NO3/c9-6-1-8-2-7(6)11-5-3-10-4-5/h5-9H,1-4H2. The molecule has 2 aliphatic heterocycles. The van der Waals surface area contributed by atoms with Crippen LogP contribution in [0.2, 0.25) is 0 Å². The molecule has 2 saturated heterocycles. The molecule has 2 atom stereocenters. The molecule has 4 heteroatoms. The fourth-order valence-electron chi connectivity index (χ4n) is 1.32. The van der Waals surface area contributed by atoms with Crippen molar-refractivity contribution in [3.8, 4) is 0 Å². The van der Waals surface area contributed by atoms with Crippen molar-refractivity contribution in [2.75, 3.05) is 26.3 Å². The van der Waals surface area contributed by atoms with E-state index in [0.29, 0.717) is 19.8 Å². The molecule has 64 valence electrons. The molecule has 2 fully saturated rings. The third-order valence-corrected chi connectivity index (χ3v) is 2.10. The van der Waals surface area contributed by atoms with Crippen LogP contribution in [-0.2, 0) is 9.47 Å². The average molecular weight is 159 g/mol. The van der Waals surface area contributed by atoms with E-state index in [1.54, 1.807) is 0 Å². The zero-order valence-corrected chi connectivity index (χ0v) is 6.32. The highest BCUT2D eigenvalue weighted by Gasteiger charge is 2.30.